The van der Waals surface area contributed by atoms with Gasteiger partial charge in [0.05, 0.1) is 11.3 Å². The van der Waals surface area contributed by atoms with E-state index in [1.165, 1.54) is 11.5 Å². The summed E-state index contributed by atoms with van der Waals surface area (Å²) in [6.45, 7) is 6.28. The molecule has 0 spiro atoms. The fourth-order valence-electron chi connectivity index (χ4n) is 1.46. The maximum Gasteiger partial charge on any atom is 0.256 e. The lowest BCUT2D eigenvalue weighted by atomic mass is 10.2. The Bertz CT molecular complexity index is 457. The van der Waals surface area contributed by atoms with Gasteiger partial charge in [0.25, 0.3) is 5.91 Å². The summed E-state index contributed by atoms with van der Waals surface area (Å²) >= 11 is 1.26. The summed E-state index contributed by atoms with van der Waals surface area (Å²) in [4.78, 5) is 23.3. The fraction of sp³-hybridized carbons (Fsp3) is 0.583. The van der Waals surface area contributed by atoms with Crippen LogP contribution in [0.3, 0.4) is 0 Å². The number of carbonyl (C=O) groups is 2. The van der Waals surface area contributed by atoms with Crippen LogP contribution in [0.15, 0.2) is 0 Å². The number of aryl methyl sites for hydroxylation is 1. The smallest absolute Gasteiger partial charge is 0.256 e. The summed E-state index contributed by atoms with van der Waals surface area (Å²) in [5.74, 6) is -0.233. The predicted octanol–water partition coefficient (Wildman–Crippen LogP) is 0.995. The van der Waals surface area contributed by atoms with Crippen LogP contribution in [0.2, 0.25) is 0 Å². The van der Waals surface area contributed by atoms with Crippen molar-refractivity contribution in [1.29, 1.82) is 0 Å². The van der Waals surface area contributed by atoms with Crippen molar-refractivity contribution < 1.29 is 9.59 Å². The Morgan fingerprint density at radius 2 is 1.89 bits per heavy atom. The van der Waals surface area contributed by atoms with Crippen LogP contribution in [0.1, 0.15) is 29.9 Å². The van der Waals surface area contributed by atoms with Crippen LogP contribution in [-0.4, -0.2) is 36.3 Å². The Morgan fingerprint density at radius 3 is 2.47 bits per heavy atom. The van der Waals surface area contributed by atoms with E-state index in [4.69, 9.17) is 0 Å². The average molecular weight is 284 g/mol. The minimum Gasteiger partial charge on any atom is -0.378 e. The van der Waals surface area contributed by atoms with Crippen LogP contribution in [0.25, 0.3) is 0 Å². The third kappa shape index (κ3) is 4.20. The molecule has 7 heteroatoms. The monoisotopic (exact) mass is 284 g/mol. The molecule has 3 N–H and O–H groups in total. The summed E-state index contributed by atoms with van der Waals surface area (Å²) in [6, 6.07) is 0. The Morgan fingerprint density at radius 1 is 1.26 bits per heavy atom. The fourth-order valence-corrected chi connectivity index (χ4v) is 2.20. The molecule has 0 saturated heterocycles. The van der Waals surface area contributed by atoms with Crippen molar-refractivity contribution >= 4 is 28.3 Å². The van der Waals surface area contributed by atoms with Gasteiger partial charge in [-0.25, -0.2) is 0 Å². The molecular weight excluding hydrogens is 264 g/mol. The van der Waals surface area contributed by atoms with E-state index in [1.54, 1.807) is 14.0 Å². The minimum atomic E-state index is -0.172. The molecule has 0 fully saturated rings. The molecule has 1 heterocycles. The molecule has 2 amide bonds. The van der Waals surface area contributed by atoms with Crippen molar-refractivity contribution in [3.05, 3.63) is 11.3 Å². The Labute approximate surface area is 117 Å². The van der Waals surface area contributed by atoms with Crippen LogP contribution >= 0.6 is 11.5 Å². The second-order valence-corrected chi connectivity index (χ2v) is 5.20. The number of hydrogen-bond donors (Lipinski definition) is 3. The van der Waals surface area contributed by atoms with Gasteiger partial charge in [0.2, 0.25) is 5.91 Å². The average Bonchev–Trinajstić information content (AvgIpc) is 2.75. The van der Waals surface area contributed by atoms with E-state index in [-0.39, 0.29) is 17.7 Å². The van der Waals surface area contributed by atoms with E-state index < -0.39 is 0 Å². The zero-order valence-corrected chi connectivity index (χ0v) is 12.5. The normalized spacial score (nSPS) is 10.4. The van der Waals surface area contributed by atoms with Crippen molar-refractivity contribution in [3.63, 3.8) is 0 Å². The van der Waals surface area contributed by atoms with E-state index in [0.717, 1.165) is 5.00 Å². The van der Waals surface area contributed by atoms with Gasteiger partial charge in [-0.3, -0.25) is 9.59 Å². The summed E-state index contributed by atoms with van der Waals surface area (Å²) < 4.78 is 4.14. The highest BCUT2D eigenvalue weighted by atomic mass is 32.1. The van der Waals surface area contributed by atoms with Crippen molar-refractivity contribution in [2.75, 3.05) is 25.5 Å². The van der Waals surface area contributed by atoms with E-state index in [1.807, 2.05) is 13.8 Å². The van der Waals surface area contributed by atoms with Gasteiger partial charge < -0.3 is 16.0 Å². The Hall–Kier alpha value is -1.63. The van der Waals surface area contributed by atoms with Crippen molar-refractivity contribution in [2.45, 2.75) is 20.8 Å². The van der Waals surface area contributed by atoms with E-state index in [9.17, 15) is 9.59 Å². The molecule has 1 aromatic rings. The van der Waals surface area contributed by atoms with Gasteiger partial charge in [0, 0.05) is 26.1 Å². The standard InChI is InChI=1S/C12H20N4O2S/c1-7(2)10(17)14-5-6-15-11(18)9-8(3)16-19-12(9)13-4/h7,13H,5-6H2,1-4H3,(H,14,17)(H,15,18). The number of amides is 2. The molecule has 6 nitrogen and oxygen atoms in total. The highest BCUT2D eigenvalue weighted by molar-refractivity contribution is 7.10. The molecule has 0 aliphatic carbocycles. The van der Waals surface area contributed by atoms with Crippen LogP contribution < -0.4 is 16.0 Å². The van der Waals surface area contributed by atoms with Crippen molar-refractivity contribution in [2.24, 2.45) is 5.92 Å². The third-order valence-electron chi connectivity index (χ3n) is 2.55. The largest absolute Gasteiger partial charge is 0.378 e. The second-order valence-electron chi connectivity index (χ2n) is 4.42. The SMILES string of the molecule is CNc1snc(C)c1C(=O)NCCNC(=O)C(C)C. The number of carbonyl (C=O) groups excluding carboxylic acids is 2. The number of nitrogens with one attached hydrogen (secondary N) is 3. The van der Waals surface area contributed by atoms with Gasteiger partial charge in [0.1, 0.15) is 5.00 Å². The van der Waals surface area contributed by atoms with Gasteiger partial charge in [0.15, 0.2) is 0 Å². The number of nitrogens with zero attached hydrogens (tertiary/aromatic N) is 1. The van der Waals surface area contributed by atoms with Gasteiger partial charge in [-0.05, 0) is 18.5 Å². The molecular formula is C12H20N4O2S. The van der Waals surface area contributed by atoms with Gasteiger partial charge >= 0.3 is 0 Å². The second kappa shape index (κ2) is 7.08. The quantitative estimate of drug-likeness (QED) is 0.680. The molecule has 0 aliphatic rings. The first-order valence-corrected chi connectivity index (χ1v) is 6.94. The molecule has 0 bridgehead atoms. The number of hydrogen-bond acceptors (Lipinski definition) is 5. The van der Waals surface area contributed by atoms with Gasteiger partial charge in [-0.15, -0.1) is 0 Å². The van der Waals surface area contributed by atoms with Crippen LogP contribution in [0.5, 0.6) is 0 Å². The minimum absolute atomic E-state index is 0.0152. The summed E-state index contributed by atoms with van der Waals surface area (Å²) in [5.41, 5.74) is 1.28. The molecule has 0 unspecified atom stereocenters. The molecule has 0 atom stereocenters. The Kier molecular flexibility index (Phi) is 5.75. The Balaban J connectivity index is 2.43. The molecule has 1 rings (SSSR count). The van der Waals surface area contributed by atoms with Crippen LogP contribution in [0, 0.1) is 12.8 Å². The zero-order chi connectivity index (χ0) is 14.4. The number of rotatable bonds is 6. The number of anilines is 1. The maximum atomic E-state index is 12.0. The maximum absolute atomic E-state index is 12.0. The highest BCUT2D eigenvalue weighted by Crippen LogP contribution is 2.23. The van der Waals surface area contributed by atoms with E-state index in [2.05, 4.69) is 20.3 Å². The van der Waals surface area contributed by atoms with Gasteiger partial charge in [-0.2, -0.15) is 4.37 Å². The lowest BCUT2D eigenvalue weighted by Gasteiger charge is -2.09. The highest BCUT2D eigenvalue weighted by Gasteiger charge is 2.17. The zero-order valence-electron chi connectivity index (χ0n) is 11.7. The molecule has 0 aromatic carbocycles. The van der Waals surface area contributed by atoms with Crippen LogP contribution in [-0.2, 0) is 4.79 Å². The summed E-state index contributed by atoms with van der Waals surface area (Å²) in [5, 5.41) is 9.21. The predicted molar refractivity (Wildman–Crippen MR) is 76.6 cm³/mol. The summed E-state index contributed by atoms with van der Waals surface area (Å²) in [7, 11) is 1.76. The topological polar surface area (TPSA) is 83.1 Å². The lowest BCUT2D eigenvalue weighted by molar-refractivity contribution is -0.123. The van der Waals surface area contributed by atoms with Crippen LogP contribution in [0.4, 0.5) is 5.00 Å². The summed E-state index contributed by atoms with van der Waals surface area (Å²) in [6.07, 6.45) is 0. The van der Waals surface area contributed by atoms with Crippen molar-refractivity contribution in [3.8, 4) is 0 Å². The molecule has 1 aromatic heterocycles. The molecule has 0 aliphatic heterocycles. The van der Waals surface area contributed by atoms with Crippen molar-refractivity contribution in [1.82, 2.24) is 15.0 Å². The first kappa shape index (κ1) is 15.4. The molecule has 0 radical (unpaired) electrons. The van der Waals surface area contributed by atoms with Gasteiger partial charge in [-0.1, -0.05) is 13.8 Å². The first-order valence-electron chi connectivity index (χ1n) is 6.17. The number of aromatic nitrogens is 1. The first-order chi connectivity index (χ1) is 8.97. The van der Waals surface area contributed by atoms with E-state index in [0.29, 0.717) is 24.3 Å². The lowest BCUT2D eigenvalue weighted by Crippen LogP contribution is -2.36. The van der Waals surface area contributed by atoms with E-state index >= 15 is 0 Å². The molecule has 0 saturated carbocycles. The molecule has 106 valence electrons. The molecule has 19 heavy (non-hydrogen) atoms. The third-order valence-corrected chi connectivity index (χ3v) is 3.51.